The first-order valence-corrected chi connectivity index (χ1v) is 8.21. The van der Waals surface area contributed by atoms with E-state index in [1.165, 1.54) is 0 Å². The van der Waals surface area contributed by atoms with Crippen LogP contribution in [0.4, 0.5) is 0 Å². The number of aliphatic hydroxyl groups excluding tert-OH is 1. The van der Waals surface area contributed by atoms with Gasteiger partial charge in [-0.1, -0.05) is 29.8 Å². The second-order valence-corrected chi connectivity index (χ2v) is 6.06. The molecule has 1 amide bonds. The summed E-state index contributed by atoms with van der Waals surface area (Å²) in [4.78, 5) is 25.2. The first kappa shape index (κ1) is 18.2. The highest BCUT2D eigenvalue weighted by Gasteiger charge is 2.19. The molecule has 0 aliphatic heterocycles. The number of carbonyl (C=O) groups is 2. The number of hydrogen-bond donors (Lipinski definition) is 2. The van der Waals surface area contributed by atoms with E-state index in [0.29, 0.717) is 34.6 Å². The van der Waals surface area contributed by atoms with Crippen molar-refractivity contribution >= 4 is 23.3 Å². The number of amides is 1. The van der Waals surface area contributed by atoms with E-state index in [4.69, 9.17) is 16.7 Å². The van der Waals surface area contributed by atoms with Gasteiger partial charge in [-0.25, -0.2) is 0 Å². The molecule has 0 aliphatic carbocycles. The number of ketones is 1. The number of benzene rings is 2. The predicted molar refractivity (Wildman–Crippen MR) is 94.6 cm³/mol. The average molecular weight is 346 g/mol. The van der Waals surface area contributed by atoms with Gasteiger partial charge in [-0.3, -0.25) is 9.59 Å². The third kappa shape index (κ3) is 4.66. The molecule has 4 nitrogen and oxygen atoms in total. The van der Waals surface area contributed by atoms with E-state index in [9.17, 15) is 9.59 Å². The zero-order chi connectivity index (χ0) is 17.5. The lowest BCUT2D eigenvalue weighted by molar-refractivity contribution is 0.0926. The van der Waals surface area contributed by atoms with Gasteiger partial charge < -0.3 is 10.4 Å². The maximum Gasteiger partial charge on any atom is 0.252 e. The van der Waals surface area contributed by atoms with Crippen LogP contribution >= 0.6 is 11.6 Å². The number of nitrogens with one attached hydrogen (secondary N) is 1. The van der Waals surface area contributed by atoms with Gasteiger partial charge in [0.15, 0.2) is 5.78 Å². The lowest BCUT2D eigenvalue weighted by atomic mass is 9.97. The third-order valence-corrected chi connectivity index (χ3v) is 3.95. The molecule has 0 saturated carbocycles. The summed E-state index contributed by atoms with van der Waals surface area (Å²) in [5.41, 5.74) is 1.17. The molecule has 126 valence electrons. The van der Waals surface area contributed by atoms with Crippen LogP contribution in [0.2, 0.25) is 5.02 Å². The fourth-order valence-electron chi connectivity index (χ4n) is 2.41. The zero-order valence-corrected chi connectivity index (χ0v) is 14.2. The minimum Gasteiger partial charge on any atom is -0.396 e. The van der Waals surface area contributed by atoms with Crippen molar-refractivity contribution in [2.24, 2.45) is 0 Å². The van der Waals surface area contributed by atoms with Crippen LogP contribution in [-0.4, -0.2) is 29.4 Å². The van der Waals surface area contributed by atoms with Crippen molar-refractivity contribution in [1.29, 1.82) is 0 Å². The lowest BCUT2D eigenvalue weighted by Crippen LogP contribution is -2.33. The second kappa shape index (κ2) is 8.62. The molecule has 2 aromatic carbocycles. The number of hydrogen-bond acceptors (Lipinski definition) is 3. The first-order valence-electron chi connectivity index (χ1n) is 7.84. The minimum atomic E-state index is -0.293. The quantitative estimate of drug-likeness (QED) is 0.755. The van der Waals surface area contributed by atoms with Crippen LogP contribution in [0, 0.1) is 0 Å². The number of carbonyl (C=O) groups excluding carboxylic acids is 2. The van der Waals surface area contributed by atoms with Crippen LogP contribution in [-0.2, 0) is 0 Å². The Morgan fingerprint density at radius 1 is 1.08 bits per heavy atom. The van der Waals surface area contributed by atoms with Crippen molar-refractivity contribution in [3.05, 3.63) is 70.2 Å². The van der Waals surface area contributed by atoms with E-state index < -0.39 is 0 Å². The Labute approximate surface area is 146 Å². The topological polar surface area (TPSA) is 66.4 Å². The van der Waals surface area contributed by atoms with E-state index in [-0.39, 0.29) is 24.3 Å². The second-order valence-electron chi connectivity index (χ2n) is 5.62. The normalized spacial score (nSPS) is 11.8. The molecule has 0 fully saturated rings. The molecule has 2 aromatic rings. The summed E-state index contributed by atoms with van der Waals surface area (Å²) in [5, 5.41) is 12.3. The summed E-state index contributed by atoms with van der Waals surface area (Å²) in [6.45, 7) is 1.96. The summed E-state index contributed by atoms with van der Waals surface area (Å²) >= 11 is 5.85. The van der Waals surface area contributed by atoms with E-state index in [1.807, 2.05) is 6.92 Å². The number of rotatable bonds is 7. The van der Waals surface area contributed by atoms with Crippen molar-refractivity contribution in [2.75, 3.05) is 6.61 Å². The molecule has 24 heavy (non-hydrogen) atoms. The highest BCUT2D eigenvalue weighted by atomic mass is 35.5. The summed E-state index contributed by atoms with van der Waals surface area (Å²) in [5.74, 6) is -0.515. The minimum absolute atomic E-state index is 0.0802. The van der Waals surface area contributed by atoms with E-state index in [0.717, 1.165) is 0 Å². The molecule has 5 heteroatoms. The molecule has 0 heterocycles. The molecule has 0 radical (unpaired) electrons. The number of halogens is 1. The fraction of sp³-hybridized carbons (Fsp3) is 0.263. The highest BCUT2D eigenvalue weighted by molar-refractivity contribution is 6.30. The summed E-state index contributed by atoms with van der Waals surface area (Å²) < 4.78 is 0. The summed E-state index contributed by atoms with van der Waals surface area (Å²) in [6, 6.07) is 13.2. The molecule has 0 bridgehead atoms. The Kier molecular flexibility index (Phi) is 6.53. The maximum atomic E-state index is 12.7. The van der Waals surface area contributed by atoms with Crippen molar-refractivity contribution in [3.8, 4) is 0 Å². The van der Waals surface area contributed by atoms with Gasteiger partial charge in [0.25, 0.3) is 5.91 Å². The van der Waals surface area contributed by atoms with Crippen LogP contribution in [0.1, 0.15) is 46.0 Å². The first-order chi connectivity index (χ1) is 11.5. The van der Waals surface area contributed by atoms with Crippen molar-refractivity contribution in [3.63, 3.8) is 0 Å². The van der Waals surface area contributed by atoms with Crippen LogP contribution in [0.3, 0.4) is 0 Å². The smallest absolute Gasteiger partial charge is 0.252 e. The molecular formula is C19H20ClNO3. The van der Waals surface area contributed by atoms with Crippen LogP contribution in [0.25, 0.3) is 0 Å². The van der Waals surface area contributed by atoms with E-state index >= 15 is 0 Å². The molecule has 0 aromatic heterocycles. The Bertz CT molecular complexity index is 713. The molecular weight excluding hydrogens is 326 g/mol. The van der Waals surface area contributed by atoms with E-state index in [1.54, 1.807) is 48.5 Å². The highest BCUT2D eigenvalue weighted by Crippen LogP contribution is 2.17. The van der Waals surface area contributed by atoms with Gasteiger partial charge in [0.1, 0.15) is 0 Å². The van der Waals surface area contributed by atoms with Crippen LogP contribution in [0.5, 0.6) is 0 Å². The molecule has 2 rings (SSSR count). The van der Waals surface area contributed by atoms with Gasteiger partial charge in [0, 0.05) is 28.8 Å². The number of aliphatic hydroxyl groups is 1. The van der Waals surface area contributed by atoms with Gasteiger partial charge in [-0.15, -0.1) is 0 Å². The standard InChI is InChI=1S/C19H20ClNO3/c1-13(5-4-12-22)21-19(24)17-7-3-2-6-16(17)18(23)14-8-10-15(20)11-9-14/h2-3,6-11,13,22H,4-5,12H2,1H3,(H,21,24). The molecule has 2 N–H and O–H groups in total. The summed E-state index contributed by atoms with van der Waals surface area (Å²) in [7, 11) is 0. The molecule has 1 unspecified atom stereocenters. The molecule has 1 atom stereocenters. The fourth-order valence-corrected chi connectivity index (χ4v) is 2.53. The van der Waals surface area contributed by atoms with Crippen molar-refractivity contribution in [1.82, 2.24) is 5.32 Å². The van der Waals surface area contributed by atoms with Crippen molar-refractivity contribution in [2.45, 2.75) is 25.8 Å². The van der Waals surface area contributed by atoms with Gasteiger partial charge >= 0.3 is 0 Å². The monoisotopic (exact) mass is 345 g/mol. The Morgan fingerprint density at radius 3 is 2.33 bits per heavy atom. The van der Waals surface area contributed by atoms with Crippen molar-refractivity contribution < 1.29 is 14.7 Å². The lowest BCUT2D eigenvalue weighted by Gasteiger charge is -2.15. The molecule has 0 spiro atoms. The predicted octanol–water partition coefficient (Wildman–Crippen LogP) is 3.46. The third-order valence-electron chi connectivity index (χ3n) is 3.70. The Morgan fingerprint density at radius 2 is 1.71 bits per heavy atom. The largest absolute Gasteiger partial charge is 0.396 e. The maximum absolute atomic E-state index is 12.7. The van der Waals surface area contributed by atoms with Crippen LogP contribution in [0.15, 0.2) is 48.5 Å². The summed E-state index contributed by atoms with van der Waals surface area (Å²) in [6.07, 6.45) is 1.29. The average Bonchev–Trinajstić information content (AvgIpc) is 2.60. The van der Waals surface area contributed by atoms with Gasteiger partial charge in [-0.05, 0) is 50.1 Å². The Balaban J connectivity index is 2.22. The molecule has 0 aliphatic rings. The van der Waals surface area contributed by atoms with Crippen LogP contribution < -0.4 is 5.32 Å². The SMILES string of the molecule is CC(CCCO)NC(=O)c1ccccc1C(=O)c1ccc(Cl)cc1. The van der Waals surface area contributed by atoms with E-state index in [2.05, 4.69) is 5.32 Å². The van der Waals surface area contributed by atoms with Gasteiger partial charge in [0.05, 0.1) is 5.56 Å². The zero-order valence-electron chi connectivity index (χ0n) is 13.5. The van der Waals surface area contributed by atoms with Gasteiger partial charge in [0.2, 0.25) is 0 Å². The Hall–Kier alpha value is -2.17. The van der Waals surface area contributed by atoms with Gasteiger partial charge in [-0.2, -0.15) is 0 Å². The molecule has 0 saturated heterocycles.